The van der Waals surface area contributed by atoms with E-state index in [9.17, 15) is 4.39 Å². The molecule has 3 nitrogen and oxygen atoms in total. The van der Waals surface area contributed by atoms with Gasteiger partial charge in [0.1, 0.15) is 5.82 Å². The molecule has 19 heavy (non-hydrogen) atoms. The van der Waals surface area contributed by atoms with Gasteiger partial charge in [-0.3, -0.25) is 0 Å². The van der Waals surface area contributed by atoms with Crippen LogP contribution >= 0.6 is 0 Å². The summed E-state index contributed by atoms with van der Waals surface area (Å²) in [7, 11) is 2.15. The molecule has 0 aliphatic carbocycles. The Morgan fingerprint density at radius 3 is 2.53 bits per heavy atom. The highest BCUT2D eigenvalue weighted by Gasteiger charge is 2.18. The second-order valence-electron chi connectivity index (χ2n) is 5.50. The predicted molar refractivity (Wildman–Crippen MR) is 76.6 cm³/mol. The molecule has 1 atom stereocenters. The van der Waals surface area contributed by atoms with Crippen LogP contribution in [0.25, 0.3) is 0 Å². The summed E-state index contributed by atoms with van der Waals surface area (Å²) in [5.41, 5.74) is 6.64. The van der Waals surface area contributed by atoms with Gasteiger partial charge >= 0.3 is 0 Å². The minimum Gasteiger partial charge on any atom is -0.330 e. The van der Waals surface area contributed by atoms with Gasteiger partial charge < -0.3 is 15.5 Å². The first-order valence-corrected chi connectivity index (χ1v) is 7.03. The van der Waals surface area contributed by atoms with Gasteiger partial charge in [0.05, 0.1) is 0 Å². The Labute approximate surface area is 115 Å². The highest BCUT2D eigenvalue weighted by Crippen LogP contribution is 2.14. The van der Waals surface area contributed by atoms with E-state index in [0.717, 1.165) is 44.7 Å². The van der Waals surface area contributed by atoms with Crippen molar-refractivity contribution in [2.75, 3.05) is 46.3 Å². The number of rotatable bonds is 5. The van der Waals surface area contributed by atoms with E-state index in [1.165, 1.54) is 6.07 Å². The van der Waals surface area contributed by atoms with Gasteiger partial charge in [-0.1, -0.05) is 18.2 Å². The van der Waals surface area contributed by atoms with Crippen LogP contribution in [0.5, 0.6) is 0 Å². The summed E-state index contributed by atoms with van der Waals surface area (Å²) in [5, 5.41) is 0. The van der Waals surface area contributed by atoms with Crippen molar-refractivity contribution in [3.8, 4) is 0 Å². The molecule has 0 radical (unpaired) electrons. The summed E-state index contributed by atoms with van der Waals surface area (Å²) in [5.74, 6) is 0.222. The molecule has 1 aromatic rings. The van der Waals surface area contributed by atoms with E-state index in [2.05, 4.69) is 16.8 Å². The van der Waals surface area contributed by atoms with Crippen LogP contribution < -0.4 is 5.73 Å². The lowest BCUT2D eigenvalue weighted by atomic mass is 9.98. The van der Waals surface area contributed by atoms with E-state index in [4.69, 9.17) is 5.73 Å². The third-order valence-electron chi connectivity index (χ3n) is 3.91. The van der Waals surface area contributed by atoms with Crippen molar-refractivity contribution in [2.24, 2.45) is 11.7 Å². The molecular weight excluding hydrogens is 241 g/mol. The molecule has 4 heteroatoms. The molecular formula is C15H24FN3. The summed E-state index contributed by atoms with van der Waals surface area (Å²) in [4.78, 5) is 4.78. The molecule has 106 valence electrons. The van der Waals surface area contributed by atoms with Crippen LogP contribution in [-0.4, -0.2) is 56.1 Å². The first-order chi connectivity index (χ1) is 9.19. The van der Waals surface area contributed by atoms with Gasteiger partial charge in [0.25, 0.3) is 0 Å². The third-order valence-corrected chi connectivity index (χ3v) is 3.91. The zero-order valence-corrected chi connectivity index (χ0v) is 11.7. The molecule has 0 bridgehead atoms. The maximum Gasteiger partial charge on any atom is 0.126 e. The second kappa shape index (κ2) is 6.98. The molecule has 2 rings (SSSR count). The fraction of sp³-hybridized carbons (Fsp3) is 0.600. The van der Waals surface area contributed by atoms with Gasteiger partial charge in [-0.05, 0) is 37.6 Å². The fourth-order valence-electron chi connectivity index (χ4n) is 2.59. The largest absolute Gasteiger partial charge is 0.330 e. The Morgan fingerprint density at radius 2 is 1.89 bits per heavy atom. The van der Waals surface area contributed by atoms with E-state index < -0.39 is 0 Å². The molecule has 0 saturated carbocycles. The molecule has 1 saturated heterocycles. The van der Waals surface area contributed by atoms with Gasteiger partial charge in [-0.15, -0.1) is 0 Å². The molecule has 1 heterocycles. The highest BCUT2D eigenvalue weighted by atomic mass is 19.1. The Hall–Kier alpha value is -0.970. The zero-order chi connectivity index (χ0) is 13.7. The fourth-order valence-corrected chi connectivity index (χ4v) is 2.59. The summed E-state index contributed by atoms with van der Waals surface area (Å²) >= 11 is 0. The van der Waals surface area contributed by atoms with Gasteiger partial charge in [0.2, 0.25) is 0 Å². The number of nitrogens with zero attached hydrogens (tertiary/aromatic N) is 2. The SMILES string of the molecule is CN1CCN(CC(CN)Cc2ccccc2F)CC1. The monoisotopic (exact) mass is 265 g/mol. The van der Waals surface area contributed by atoms with Crippen molar-refractivity contribution in [3.63, 3.8) is 0 Å². The number of hydrogen-bond donors (Lipinski definition) is 1. The molecule has 2 N–H and O–H groups in total. The normalized spacial score (nSPS) is 19.5. The number of likely N-dealkylation sites (N-methyl/N-ethyl adjacent to an activating group) is 1. The van der Waals surface area contributed by atoms with Gasteiger partial charge in [0, 0.05) is 32.7 Å². The summed E-state index contributed by atoms with van der Waals surface area (Å²) in [6.45, 7) is 5.97. The number of hydrogen-bond acceptors (Lipinski definition) is 3. The van der Waals surface area contributed by atoms with Gasteiger partial charge in [-0.25, -0.2) is 4.39 Å². The van der Waals surface area contributed by atoms with E-state index in [0.29, 0.717) is 12.5 Å². The van der Waals surface area contributed by atoms with Crippen LogP contribution in [0.15, 0.2) is 24.3 Å². The highest BCUT2D eigenvalue weighted by molar-refractivity contribution is 5.18. The van der Waals surface area contributed by atoms with Gasteiger partial charge in [0.15, 0.2) is 0 Å². The van der Waals surface area contributed by atoms with Crippen LogP contribution in [0, 0.1) is 11.7 Å². The first-order valence-electron chi connectivity index (χ1n) is 7.03. The van der Waals surface area contributed by atoms with Crippen molar-refractivity contribution >= 4 is 0 Å². The van der Waals surface area contributed by atoms with Gasteiger partial charge in [-0.2, -0.15) is 0 Å². The smallest absolute Gasteiger partial charge is 0.126 e. The molecule has 1 aliphatic rings. The van der Waals surface area contributed by atoms with Crippen molar-refractivity contribution in [2.45, 2.75) is 6.42 Å². The second-order valence-corrected chi connectivity index (χ2v) is 5.50. The number of halogens is 1. The maximum atomic E-state index is 13.7. The van der Waals surface area contributed by atoms with Crippen LogP contribution in [0.3, 0.4) is 0 Å². The minimum atomic E-state index is -0.112. The Bertz CT molecular complexity index is 389. The molecule has 0 aromatic heterocycles. The van der Waals surface area contributed by atoms with Crippen molar-refractivity contribution in [3.05, 3.63) is 35.6 Å². The molecule has 1 aliphatic heterocycles. The quantitative estimate of drug-likeness (QED) is 0.868. The molecule has 1 aromatic carbocycles. The lowest BCUT2D eigenvalue weighted by Gasteiger charge is -2.34. The van der Waals surface area contributed by atoms with Crippen molar-refractivity contribution < 1.29 is 4.39 Å². The van der Waals surface area contributed by atoms with Crippen LogP contribution in [0.2, 0.25) is 0 Å². The van der Waals surface area contributed by atoms with Crippen LogP contribution in [-0.2, 0) is 6.42 Å². The Balaban J connectivity index is 1.88. The Kier molecular flexibility index (Phi) is 5.31. The first kappa shape index (κ1) is 14.4. The molecule has 0 spiro atoms. The third kappa shape index (κ3) is 4.27. The average Bonchev–Trinajstić information content (AvgIpc) is 2.43. The summed E-state index contributed by atoms with van der Waals surface area (Å²) in [6, 6.07) is 7.01. The van der Waals surface area contributed by atoms with E-state index >= 15 is 0 Å². The van der Waals surface area contributed by atoms with E-state index in [-0.39, 0.29) is 5.82 Å². The van der Waals surface area contributed by atoms with Crippen LogP contribution in [0.4, 0.5) is 4.39 Å². The molecule has 0 amide bonds. The molecule has 1 fully saturated rings. The average molecular weight is 265 g/mol. The Morgan fingerprint density at radius 1 is 1.21 bits per heavy atom. The minimum absolute atomic E-state index is 0.112. The van der Waals surface area contributed by atoms with E-state index in [1.807, 2.05) is 12.1 Å². The number of benzene rings is 1. The number of piperazine rings is 1. The topological polar surface area (TPSA) is 32.5 Å². The van der Waals surface area contributed by atoms with Crippen molar-refractivity contribution in [1.82, 2.24) is 9.80 Å². The van der Waals surface area contributed by atoms with Crippen molar-refractivity contribution in [1.29, 1.82) is 0 Å². The molecule has 1 unspecified atom stereocenters. The summed E-state index contributed by atoms with van der Waals surface area (Å²) in [6.07, 6.45) is 0.732. The summed E-state index contributed by atoms with van der Waals surface area (Å²) < 4.78 is 13.7. The number of nitrogens with two attached hydrogens (primary N) is 1. The van der Waals surface area contributed by atoms with E-state index in [1.54, 1.807) is 6.07 Å². The lowest BCUT2D eigenvalue weighted by Crippen LogP contribution is -2.47. The standard InChI is InChI=1S/C15H24FN3/c1-18-6-8-19(9-7-18)12-13(11-17)10-14-4-2-3-5-15(14)16/h2-5,13H,6-12,17H2,1H3. The van der Waals surface area contributed by atoms with Crippen LogP contribution in [0.1, 0.15) is 5.56 Å². The zero-order valence-electron chi connectivity index (χ0n) is 11.7. The predicted octanol–water partition coefficient (Wildman–Crippen LogP) is 1.19. The maximum absolute atomic E-state index is 13.7. The lowest BCUT2D eigenvalue weighted by molar-refractivity contribution is 0.136.